The number of carbonyl (C=O) groups is 1. The van der Waals surface area contributed by atoms with Crippen LogP contribution < -0.4 is 0 Å². The normalized spacial score (nSPS) is 17.9. The molecule has 1 fully saturated rings. The summed E-state index contributed by atoms with van der Waals surface area (Å²) >= 11 is 0. The van der Waals surface area contributed by atoms with Crippen LogP contribution in [0.2, 0.25) is 0 Å². The van der Waals surface area contributed by atoms with Crippen molar-refractivity contribution in [2.45, 2.75) is 19.1 Å². The first-order valence-corrected chi connectivity index (χ1v) is 8.71. The Kier molecular flexibility index (Phi) is 5.79. The van der Waals surface area contributed by atoms with Gasteiger partial charge in [0.2, 0.25) is 0 Å². The Bertz CT molecular complexity index is 670. The van der Waals surface area contributed by atoms with Gasteiger partial charge in [-0.1, -0.05) is 36.4 Å². The van der Waals surface area contributed by atoms with E-state index in [1.165, 1.54) is 5.56 Å². The molecular weight excluding hydrogens is 314 g/mol. The molecular formula is C20H25N3O2. The van der Waals surface area contributed by atoms with Crippen LogP contribution in [0.25, 0.3) is 0 Å². The largest absolute Gasteiger partial charge is 0.367 e. The van der Waals surface area contributed by atoms with Crippen molar-refractivity contribution >= 4 is 5.91 Å². The molecule has 1 aromatic heterocycles. The molecule has 2 atom stereocenters. The average Bonchev–Trinajstić information content (AvgIpc) is 2.69. The Morgan fingerprint density at radius 1 is 1.04 bits per heavy atom. The summed E-state index contributed by atoms with van der Waals surface area (Å²) < 4.78 is 5.48. The summed E-state index contributed by atoms with van der Waals surface area (Å²) in [7, 11) is 1.59. The first kappa shape index (κ1) is 17.6. The predicted octanol–water partition coefficient (Wildman–Crippen LogP) is 2.67. The summed E-state index contributed by atoms with van der Waals surface area (Å²) in [6.45, 7) is 5.34. The van der Waals surface area contributed by atoms with E-state index in [4.69, 9.17) is 4.74 Å². The van der Waals surface area contributed by atoms with Crippen LogP contribution in [0.1, 0.15) is 30.2 Å². The third-order valence-corrected chi connectivity index (χ3v) is 4.90. The number of pyridine rings is 1. The van der Waals surface area contributed by atoms with Gasteiger partial charge in [-0.15, -0.1) is 0 Å². The minimum atomic E-state index is -0.525. The fraction of sp³-hybridized carbons (Fsp3) is 0.400. The quantitative estimate of drug-likeness (QED) is 0.840. The summed E-state index contributed by atoms with van der Waals surface area (Å²) in [5.41, 5.74) is 2.11. The molecule has 0 bridgehead atoms. The van der Waals surface area contributed by atoms with Crippen molar-refractivity contribution in [1.29, 1.82) is 0 Å². The van der Waals surface area contributed by atoms with Crippen molar-refractivity contribution in [2.75, 3.05) is 33.3 Å². The fourth-order valence-corrected chi connectivity index (χ4v) is 3.34. The summed E-state index contributed by atoms with van der Waals surface area (Å²) in [6, 6.07) is 14.1. The maximum absolute atomic E-state index is 12.8. The molecule has 132 valence electrons. The zero-order valence-electron chi connectivity index (χ0n) is 14.8. The number of aromatic nitrogens is 1. The van der Waals surface area contributed by atoms with Crippen molar-refractivity contribution in [2.24, 2.45) is 0 Å². The molecule has 0 aliphatic carbocycles. The van der Waals surface area contributed by atoms with Gasteiger partial charge < -0.3 is 9.64 Å². The van der Waals surface area contributed by atoms with Crippen LogP contribution >= 0.6 is 0 Å². The summed E-state index contributed by atoms with van der Waals surface area (Å²) in [5, 5.41) is 0. The summed E-state index contributed by atoms with van der Waals surface area (Å²) in [5.74, 6) is 0.0439. The highest BCUT2D eigenvalue weighted by Gasteiger charge is 2.30. The fourth-order valence-electron chi connectivity index (χ4n) is 3.34. The van der Waals surface area contributed by atoms with E-state index in [-0.39, 0.29) is 5.91 Å². The standard InChI is InChI=1S/C20H25N3O2/c1-16(18-9-6-10-21-15-18)22-11-13-23(14-12-22)20(24)19(25-2)17-7-4-3-5-8-17/h3-10,15-16,19H,11-14H2,1-2H3/t16-,19-/m1/s1. The molecule has 0 unspecified atom stereocenters. The molecule has 5 heteroatoms. The number of hydrogen-bond acceptors (Lipinski definition) is 4. The van der Waals surface area contributed by atoms with Gasteiger partial charge in [0.25, 0.3) is 5.91 Å². The summed E-state index contributed by atoms with van der Waals surface area (Å²) in [4.78, 5) is 21.4. The Hall–Kier alpha value is -2.24. The van der Waals surface area contributed by atoms with Gasteiger partial charge in [-0.2, -0.15) is 0 Å². The number of nitrogens with zero attached hydrogens (tertiary/aromatic N) is 3. The highest BCUT2D eigenvalue weighted by atomic mass is 16.5. The summed E-state index contributed by atoms with van der Waals surface area (Å²) in [6.07, 6.45) is 3.18. The molecule has 0 radical (unpaired) electrons. The molecule has 2 aromatic rings. The molecule has 1 saturated heterocycles. The molecule has 2 heterocycles. The lowest BCUT2D eigenvalue weighted by molar-refractivity contribution is -0.144. The third kappa shape index (κ3) is 4.06. The maximum Gasteiger partial charge on any atom is 0.256 e. The molecule has 1 aliphatic heterocycles. The second-order valence-electron chi connectivity index (χ2n) is 6.35. The van der Waals surface area contributed by atoms with Crippen LogP contribution in [0, 0.1) is 0 Å². The van der Waals surface area contributed by atoms with Crippen LogP contribution in [-0.2, 0) is 9.53 Å². The molecule has 1 aromatic carbocycles. The number of carbonyl (C=O) groups excluding carboxylic acids is 1. The molecule has 0 N–H and O–H groups in total. The van der Waals surface area contributed by atoms with E-state index in [1.807, 2.05) is 47.5 Å². The Morgan fingerprint density at radius 3 is 2.32 bits per heavy atom. The molecule has 1 aliphatic rings. The molecule has 25 heavy (non-hydrogen) atoms. The van der Waals surface area contributed by atoms with Crippen LogP contribution in [0.3, 0.4) is 0 Å². The van der Waals surface area contributed by atoms with Crippen molar-refractivity contribution in [3.8, 4) is 0 Å². The third-order valence-electron chi connectivity index (χ3n) is 4.90. The van der Waals surface area contributed by atoms with E-state index in [9.17, 15) is 4.79 Å². The van der Waals surface area contributed by atoms with Crippen molar-refractivity contribution in [3.63, 3.8) is 0 Å². The highest BCUT2D eigenvalue weighted by Crippen LogP contribution is 2.23. The second kappa shape index (κ2) is 8.23. The lowest BCUT2D eigenvalue weighted by Crippen LogP contribution is -2.50. The van der Waals surface area contributed by atoms with E-state index < -0.39 is 6.10 Å². The maximum atomic E-state index is 12.8. The Balaban J connectivity index is 1.61. The number of piperazine rings is 1. The van der Waals surface area contributed by atoms with Crippen molar-refractivity contribution in [3.05, 3.63) is 66.0 Å². The minimum Gasteiger partial charge on any atom is -0.367 e. The number of benzene rings is 1. The van der Waals surface area contributed by atoms with E-state index in [1.54, 1.807) is 13.3 Å². The Morgan fingerprint density at radius 2 is 1.72 bits per heavy atom. The van der Waals surface area contributed by atoms with Gasteiger partial charge in [-0.25, -0.2) is 0 Å². The highest BCUT2D eigenvalue weighted by molar-refractivity contribution is 5.82. The first-order chi connectivity index (χ1) is 12.2. The van der Waals surface area contributed by atoms with E-state index in [2.05, 4.69) is 22.9 Å². The number of methoxy groups -OCH3 is 1. The van der Waals surface area contributed by atoms with Gasteiger partial charge in [0.05, 0.1) is 0 Å². The molecule has 0 spiro atoms. The Labute approximate surface area is 149 Å². The van der Waals surface area contributed by atoms with Crippen LogP contribution in [0.4, 0.5) is 0 Å². The zero-order valence-corrected chi connectivity index (χ0v) is 14.8. The van der Waals surface area contributed by atoms with E-state index >= 15 is 0 Å². The second-order valence-corrected chi connectivity index (χ2v) is 6.35. The zero-order chi connectivity index (χ0) is 17.6. The number of ether oxygens (including phenoxy) is 1. The lowest BCUT2D eigenvalue weighted by atomic mass is 10.1. The monoisotopic (exact) mass is 339 g/mol. The molecule has 5 nitrogen and oxygen atoms in total. The molecule has 3 rings (SSSR count). The van der Waals surface area contributed by atoms with E-state index in [0.717, 1.165) is 31.7 Å². The minimum absolute atomic E-state index is 0.0439. The van der Waals surface area contributed by atoms with Gasteiger partial charge in [0.15, 0.2) is 6.10 Å². The van der Waals surface area contributed by atoms with Gasteiger partial charge in [0, 0.05) is 51.7 Å². The number of hydrogen-bond donors (Lipinski definition) is 0. The average molecular weight is 339 g/mol. The molecule has 1 amide bonds. The smallest absolute Gasteiger partial charge is 0.256 e. The topological polar surface area (TPSA) is 45.7 Å². The van der Waals surface area contributed by atoms with E-state index in [0.29, 0.717) is 6.04 Å². The number of rotatable bonds is 5. The SMILES string of the molecule is CO[C@@H](C(=O)N1CCN([C@H](C)c2cccnc2)CC1)c1ccccc1. The van der Waals surface area contributed by atoms with Gasteiger partial charge in [-0.3, -0.25) is 14.7 Å². The lowest BCUT2D eigenvalue weighted by Gasteiger charge is -2.39. The van der Waals surface area contributed by atoms with Gasteiger partial charge >= 0.3 is 0 Å². The first-order valence-electron chi connectivity index (χ1n) is 8.71. The predicted molar refractivity (Wildman–Crippen MR) is 97.0 cm³/mol. The number of amides is 1. The van der Waals surface area contributed by atoms with Gasteiger partial charge in [0.1, 0.15) is 0 Å². The van der Waals surface area contributed by atoms with Crippen molar-refractivity contribution < 1.29 is 9.53 Å². The van der Waals surface area contributed by atoms with Crippen molar-refractivity contribution in [1.82, 2.24) is 14.8 Å². The van der Waals surface area contributed by atoms with Crippen LogP contribution in [0.15, 0.2) is 54.9 Å². The van der Waals surface area contributed by atoms with Crippen LogP contribution in [-0.4, -0.2) is 54.0 Å². The van der Waals surface area contributed by atoms with Gasteiger partial charge in [-0.05, 0) is 24.1 Å². The van der Waals surface area contributed by atoms with Crippen LogP contribution in [0.5, 0.6) is 0 Å². The molecule has 0 saturated carbocycles.